The molecule has 0 aliphatic carbocycles. The summed E-state index contributed by atoms with van der Waals surface area (Å²) in [6, 6.07) is 3.33. The van der Waals surface area contributed by atoms with E-state index in [0.717, 1.165) is 5.56 Å². The highest BCUT2D eigenvalue weighted by molar-refractivity contribution is 7.89. The standard InChI is InChI=1S/C10H15N3O2S.ClH/c1-9-2-3-10(12-8-9)16(14,15)13-6-4-11-5-7-13;/h2-3,8,11H,4-7H2,1H3;1H. The van der Waals surface area contributed by atoms with Crippen LogP contribution in [0.25, 0.3) is 0 Å². The van der Waals surface area contributed by atoms with Gasteiger partial charge in [-0.2, -0.15) is 4.31 Å². The maximum Gasteiger partial charge on any atom is 0.260 e. The Morgan fingerprint density at radius 2 is 1.94 bits per heavy atom. The molecule has 1 aliphatic heterocycles. The van der Waals surface area contributed by atoms with Crippen LogP contribution in [0.1, 0.15) is 5.56 Å². The second kappa shape index (κ2) is 5.77. The minimum Gasteiger partial charge on any atom is -0.314 e. The van der Waals surface area contributed by atoms with Crippen molar-refractivity contribution in [1.29, 1.82) is 0 Å². The van der Waals surface area contributed by atoms with Crippen LogP contribution in [0.5, 0.6) is 0 Å². The minimum absolute atomic E-state index is 0. The van der Waals surface area contributed by atoms with Crippen LogP contribution < -0.4 is 5.32 Å². The fourth-order valence-corrected chi connectivity index (χ4v) is 2.98. The molecule has 1 aromatic rings. The Kier molecular flexibility index (Phi) is 4.88. The molecule has 1 saturated heterocycles. The van der Waals surface area contributed by atoms with Crippen LogP contribution in [0.3, 0.4) is 0 Å². The minimum atomic E-state index is -3.40. The highest BCUT2D eigenvalue weighted by atomic mass is 35.5. The van der Waals surface area contributed by atoms with Gasteiger partial charge in [0.05, 0.1) is 0 Å². The molecule has 1 aromatic heterocycles. The molecule has 7 heteroatoms. The lowest BCUT2D eigenvalue weighted by molar-refractivity contribution is 0.359. The third-order valence-electron chi connectivity index (χ3n) is 2.56. The normalized spacial score (nSPS) is 17.5. The van der Waals surface area contributed by atoms with Crippen molar-refractivity contribution in [2.45, 2.75) is 11.9 Å². The molecular weight excluding hydrogens is 262 g/mol. The van der Waals surface area contributed by atoms with Crippen molar-refractivity contribution in [1.82, 2.24) is 14.6 Å². The molecule has 0 radical (unpaired) electrons. The first-order valence-electron chi connectivity index (χ1n) is 5.24. The Hall–Kier alpha value is -0.690. The molecule has 1 N–H and O–H groups in total. The summed E-state index contributed by atoms with van der Waals surface area (Å²) in [4.78, 5) is 3.98. The zero-order chi connectivity index (χ0) is 11.6. The van der Waals surface area contributed by atoms with Crippen molar-refractivity contribution in [3.63, 3.8) is 0 Å². The topological polar surface area (TPSA) is 62.3 Å². The van der Waals surface area contributed by atoms with Gasteiger partial charge in [0.1, 0.15) is 0 Å². The molecule has 0 unspecified atom stereocenters. The SMILES string of the molecule is Cc1ccc(S(=O)(=O)N2CCNCC2)nc1.Cl. The number of aryl methyl sites for hydroxylation is 1. The number of rotatable bonds is 2. The van der Waals surface area contributed by atoms with Crippen molar-refractivity contribution in [3.8, 4) is 0 Å². The first-order valence-corrected chi connectivity index (χ1v) is 6.68. The molecule has 0 atom stereocenters. The van der Waals surface area contributed by atoms with Gasteiger partial charge in [-0.3, -0.25) is 0 Å². The van der Waals surface area contributed by atoms with Crippen molar-refractivity contribution >= 4 is 22.4 Å². The molecule has 0 aromatic carbocycles. The van der Waals surface area contributed by atoms with Gasteiger partial charge in [0, 0.05) is 32.4 Å². The van der Waals surface area contributed by atoms with Gasteiger partial charge >= 0.3 is 0 Å². The summed E-state index contributed by atoms with van der Waals surface area (Å²) in [7, 11) is -3.40. The number of hydrogen-bond acceptors (Lipinski definition) is 4. The van der Waals surface area contributed by atoms with Crippen molar-refractivity contribution in [2.75, 3.05) is 26.2 Å². The van der Waals surface area contributed by atoms with E-state index < -0.39 is 10.0 Å². The third-order valence-corrected chi connectivity index (χ3v) is 4.38. The summed E-state index contributed by atoms with van der Waals surface area (Å²) < 4.78 is 25.7. The number of aromatic nitrogens is 1. The van der Waals surface area contributed by atoms with E-state index in [4.69, 9.17) is 0 Å². The van der Waals surface area contributed by atoms with E-state index >= 15 is 0 Å². The second-order valence-electron chi connectivity index (χ2n) is 3.83. The molecule has 96 valence electrons. The van der Waals surface area contributed by atoms with Crippen LogP contribution in [0.15, 0.2) is 23.4 Å². The van der Waals surface area contributed by atoms with Crippen LogP contribution in [0.4, 0.5) is 0 Å². The van der Waals surface area contributed by atoms with Gasteiger partial charge < -0.3 is 5.32 Å². The van der Waals surface area contributed by atoms with Gasteiger partial charge in [-0.15, -0.1) is 12.4 Å². The number of piperazine rings is 1. The van der Waals surface area contributed by atoms with Crippen molar-refractivity contribution in [3.05, 3.63) is 23.9 Å². The first-order chi connectivity index (χ1) is 7.60. The van der Waals surface area contributed by atoms with E-state index in [-0.39, 0.29) is 17.4 Å². The number of pyridine rings is 1. The zero-order valence-corrected chi connectivity index (χ0v) is 11.2. The van der Waals surface area contributed by atoms with E-state index in [9.17, 15) is 8.42 Å². The molecule has 1 fully saturated rings. The Morgan fingerprint density at radius 3 is 2.47 bits per heavy atom. The van der Waals surface area contributed by atoms with Gasteiger partial charge in [-0.05, 0) is 18.6 Å². The molecule has 0 spiro atoms. The predicted molar refractivity (Wildman–Crippen MR) is 67.9 cm³/mol. The average Bonchev–Trinajstić information content (AvgIpc) is 2.31. The molecule has 2 rings (SSSR count). The van der Waals surface area contributed by atoms with Crippen LogP contribution >= 0.6 is 12.4 Å². The third kappa shape index (κ3) is 3.16. The molecular formula is C10H16ClN3O2S. The van der Waals surface area contributed by atoms with Gasteiger partial charge in [0.2, 0.25) is 0 Å². The quantitative estimate of drug-likeness (QED) is 0.850. The Morgan fingerprint density at radius 1 is 1.29 bits per heavy atom. The number of hydrogen-bond donors (Lipinski definition) is 1. The number of nitrogens with one attached hydrogen (secondary N) is 1. The lowest BCUT2D eigenvalue weighted by atomic mass is 10.3. The highest BCUT2D eigenvalue weighted by Crippen LogP contribution is 2.13. The number of sulfonamides is 1. The van der Waals surface area contributed by atoms with Crippen LogP contribution in [0.2, 0.25) is 0 Å². The van der Waals surface area contributed by atoms with Crippen LogP contribution in [-0.4, -0.2) is 43.9 Å². The molecule has 0 bridgehead atoms. The first kappa shape index (κ1) is 14.4. The fourth-order valence-electron chi connectivity index (χ4n) is 1.62. The van der Waals surface area contributed by atoms with E-state index in [1.165, 1.54) is 4.31 Å². The Bertz CT molecular complexity index is 455. The highest BCUT2D eigenvalue weighted by Gasteiger charge is 2.26. The maximum absolute atomic E-state index is 12.1. The summed E-state index contributed by atoms with van der Waals surface area (Å²) in [5, 5.41) is 3.26. The monoisotopic (exact) mass is 277 g/mol. The average molecular weight is 278 g/mol. The van der Waals surface area contributed by atoms with Crippen molar-refractivity contribution in [2.24, 2.45) is 0 Å². The lowest BCUT2D eigenvalue weighted by Gasteiger charge is -2.26. The summed E-state index contributed by atoms with van der Waals surface area (Å²) in [6.45, 7) is 4.31. The van der Waals surface area contributed by atoms with Gasteiger partial charge in [-0.1, -0.05) is 6.07 Å². The van der Waals surface area contributed by atoms with Crippen LogP contribution in [0, 0.1) is 6.92 Å². The molecule has 17 heavy (non-hydrogen) atoms. The summed E-state index contributed by atoms with van der Waals surface area (Å²) >= 11 is 0. The predicted octanol–water partition coefficient (Wildman–Crippen LogP) is 0.406. The van der Waals surface area contributed by atoms with E-state index in [1.54, 1.807) is 18.3 Å². The van der Waals surface area contributed by atoms with E-state index in [2.05, 4.69) is 10.3 Å². The lowest BCUT2D eigenvalue weighted by Crippen LogP contribution is -2.46. The Balaban J connectivity index is 0.00000144. The number of nitrogens with zero attached hydrogens (tertiary/aromatic N) is 2. The summed E-state index contributed by atoms with van der Waals surface area (Å²) in [6.07, 6.45) is 1.58. The molecule has 5 nitrogen and oxygen atoms in total. The molecule has 2 heterocycles. The van der Waals surface area contributed by atoms with E-state index in [1.807, 2.05) is 6.92 Å². The van der Waals surface area contributed by atoms with Crippen molar-refractivity contribution < 1.29 is 8.42 Å². The van der Waals surface area contributed by atoms with Crippen LogP contribution in [-0.2, 0) is 10.0 Å². The van der Waals surface area contributed by atoms with E-state index in [0.29, 0.717) is 26.2 Å². The largest absolute Gasteiger partial charge is 0.314 e. The second-order valence-corrected chi connectivity index (χ2v) is 5.71. The smallest absolute Gasteiger partial charge is 0.260 e. The Labute approximate surface area is 108 Å². The number of halogens is 1. The zero-order valence-electron chi connectivity index (χ0n) is 9.59. The molecule has 1 aliphatic rings. The fraction of sp³-hybridized carbons (Fsp3) is 0.500. The summed E-state index contributed by atoms with van der Waals surface area (Å²) in [5.41, 5.74) is 0.958. The molecule has 0 saturated carbocycles. The maximum atomic E-state index is 12.1. The molecule has 0 amide bonds. The van der Waals surface area contributed by atoms with Gasteiger partial charge in [0.25, 0.3) is 10.0 Å². The summed E-state index contributed by atoms with van der Waals surface area (Å²) in [5.74, 6) is 0. The van der Waals surface area contributed by atoms with Gasteiger partial charge in [0.15, 0.2) is 5.03 Å². The van der Waals surface area contributed by atoms with Gasteiger partial charge in [-0.25, -0.2) is 13.4 Å².